The molecule has 0 saturated heterocycles. The van der Waals surface area contributed by atoms with Crippen molar-refractivity contribution >= 4 is 17.5 Å². The molecule has 1 N–H and O–H groups in total. The van der Waals surface area contributed by atoms with E-state index in [2.05, 4.69) is 15.5 Å². The van der Waals surface area contributed by atoms with E-state index >= 15 is 0 Å². The molecule has 4 rings (SSSR count). The van der Waals surface area contributed by atoms with Crippen LogP contribution in [0.2, 0.25) is 5.02 Å². The van der Waals surface area contributed by atoms with Crippen LogP contribution in [0.4, 0.5) is 0 Å². The molecule has 0 radical (unpaired) electrons. The van der Waals surface area contributed by atoms with Crippen LogP contribution in [0.15, 0.2) is 53.1 Å². The maximum Gasteiger partial charge on any atom is 0.227 e. The van der Waals surface area contributed by atoms with Crippen LogP contribution in [0.5, 0.6) is 5.75 Å². The van der Waals surface area contributed by atoms with Gasteiger partial charge in [0.25, 0.3) is 0 Å². The number of rotatable bonds is 8. The highest BCUT2D eigenvalue weighted by atomic mass is 35.5. The molecular formula is C22H22ClN3O3. The van der Waals surface area contributed by atoms with E-state index in [1.165, 1.54) is 0 Å². The van der Waals surface area contributed by atoms with Crippen LogP contribution in [0.25, 0.3) is 11.4 Å². The maximum atomic E-state index is 12.5. The van der Waals surface area contributed by atoms with E-state index in [1.54, 1.807) is 19.2 Å². The number of halogens is 1. The first-order chi connectivity index (χ1) is 14.1. The second-order valence-electron chi connectivity index (χ2n) is 7.17. The van der Waals surface area contributed by atoms with E-state index in [4.69, 9.17) is 20.9 Å². The number of aryl methyl sites for hydroxylation is 1. The monoisotopic (exact) mass is 411 g/mol. The fraction of sp³-hybridized carbons (Fsp3) is 0.318. The Morgan fingerprint density at radius 2 is 1.93 bits per heavy atom. The van der Waals surface area contributed by atoms with Crippen molar-refractivity contribution in [1.82, 2.24) is 15.5 Å². The van der Waals surface area contributed by atoms with Crippen LogP contribution >= 0.6 is 11.6 Å². The minimum absolute atomic E-state index is 0.0241. The van der Waals surface area contributed by atoms with Crippen molar-refractivity contribution in [2.75, 3.05) is 7.11 Å². The molecule has 0 aliphatic heterocycles. The molecule has 1 atom stereocenters. The number of carbonyl (C=O) groups is 1. The predicted molar refractivity (Wildman–Crippen MR) is 110 cm³/mol. The van der Waals surface area contributed by atoms with Crippen molar-refractivity contribution in [3.05, 3.63) is 65.0 Å². The topological polar surface area (TPSA) is 77.2 Å². The lowest BCUT2D eigenvalue weighted by atomic mass is 10.0. The largest absolute Gasteiger partial charge is 0.497 e. The maximum absolute atomic E-state index is 12.5. The second kappa shape index (κ2) is 8.66. The average molecular weight is 412 g/mol. The fourth-order valence-electron chi connectivity index (χ4n) is 3.25. The Morgan fingerprint density at radius 1 is 1.21 bits per heavy atom. The molecule has 1 unspecified atom stereocenters. The highest BCUT2D eigenvalue weighted by Gasteiger charge is 2.33. The first-order valence-corrected chi connectivity index (χ1v) is 10.0. The Kier molecular flexibility index (Phi) is 5.81. The summed E-state index contributed by atoms with van der Waals surface area (Å²) in [7, 11) is 1.64. The summed E-state index contributed by atoms with van der Waals surface area (Å²) in [6, 6.07) is 15.1. The summed E-state index contributed by atoms with van der Waals surface area (Å²) in [5.74, 6) is 2.21. The van der Waals surface area contributed by atoms with Gasteiger partial charge in [-0.2, -0.15) is 4.98 Å². The zero-order valence-electron chi connectivity index (χ0n) is 16.1. The van der Waals surface area contributed by atoms with Gasteiger partial charge >= 0.3 is 0 Å². The summed E-state index contributed by atoms with van der Waals surface area (Å²) in [6.45, 7) is 0. The summed E-state index contributed by atoms with van der Waals surface area (Å²) in [4.78, 5) is 16.9. The van der Waals surface area contributed by atoms with Crippen molar-refractivity contribution < 1.29 is 14.1 Å². The Bertz CT molecular complexity index is 966. The summed E-state index contributed by atoms with van der Waals surface area (Å²) in [6.07, 6.45) is 2.95. The fourth-order valence-corrected chi connectivity index (χ4v) is 3.38. The minimum atomic E-state index is -0.0241. The molecule has 1 aliphatic carbocycles. The highest BCUT2D eigenvalue weighted by Crippen LogP contribution is 2.41. The van der Waals surface area contributed by atoms with Crippen molar-refractivity contribution in [3.63, 3.8) is 0 Å². The number of nitrogens with one attached hydrogen (secondary N) is 1. The number of amides is 1. The van der Waals surface area contributed by atoms with Gasteiger partial charge in [0.1, 0.15) is 5.75 Å². The van der Waals surface area contributed by atoms with Crippen molar-refractivity contribution in [2.24, 2.45) is 5.92 Å². The molecule has 0 spiro atoms. The summed E-state index contributed by atoms with van der Waals surface area (Å²) in [5.41, 5.74) is 1.92. The Labute approximate surface area is 174 Å². The Hall–Kier alpha value is -2.86. The number of carbonyl (C=O) groups excluding carboxylic acids is 1. The van der Waals surface area contributed by atoms with Crippen LogP contribution in [0, 0.1) is 5.92 Å². The van der Waals surface area contributed by atoms with Crippen LogP contribution < -0.4 is 10.1 Å². The lowest BCUT2D eigenvalue weighted by molar-refractivity contribution is -0.122. The first kappa shape index (κ1) is 19.5. The smallest absolute Gasteiger partial charge is 0.227 e. The molecule has 6 nitrogen and oxygen atoms in total. The Balaban J connectivity index is 1.34. The van der Waals surface area contributed by atoms with Crippen molar-refractivity contribution in [3.8, 4) is 17.1 Å². The summed E-state index contributed by atoms with van der Waals surface area (Å²) >= 11 is 5.90. The van der Waals surface area contributed by atoms with Gasteiger partial charge in [0.15, 0.2) is 0 Å². The molecule has 1 fully saturated rings. The van der Waals surface area contributed by atoms with Gasteiger partial charge in [-0.15, -0.1) is 0 Å². The molecule has 1 aliphatic rings. The quantitative estimate of drug-likeness (QED) is 0.586. The van der Waals surface area contributed by atoms with E-state index in [1.807, 2.05) is 36.4 Å². The molecule has 1 aromatic heterocycles. The molecule has 1 heterocycles. The third-order valence-corrected chi connectivity index (χ3v) is 5.27. The highest BCUT2D eigenvalue weighted by molar-refractivity contribution is 6.30. The zero-order chi connectivity index (χ0) is 20.2. The van der Waals surface area contributed by atoms with Crippen molar-refractivity contribution in [2.45, 2.75) is 31.7 Å². The third-order valence-electron chi connectivity index (χ3n) is 5.02. The molecule has 7 heteroatoms. The van der Waals surface area contributed by atoms with Gasteiger partial charge in [-0.3, -0.25) is 4.79 Å². The van der Waals surface area contributed by atoms with Crippen LogP contribution in [0.3, 0.4) is 0 Å². The molecular weight excluding hydrogens is 390 g/mol. The second-order valence-corrected chi connectivity index (χ2v) is 7.61. The first-order valence-electron chi connectivity index (χ1n) is 9.64. The van der Waals surface area contributed by atoms with Gasteiger partial charge in [-0.05, 0) is 60.7 Å². The van der Waals surface area contributed by atoms with E-state index in [0.29, 0.717) is 35.5 Å². The van der Waals surface area contributed by atoms with Gasteiger partial charge in [0, 0.05) is 23.4 Å². The number of hydrogen-bond acceptors (Lipinski definition) is 5. The molecule has 29 heavy (non-hydrogen) atoms. The molecule has 2 aromatic carbocycles. The molecule has 3 aromatic rings. The van der Waals surface area contributed by atoms with Crippen LogP contribution in [-0.2, 0) is 11.2 Å². The van der Waals surface area contributed by atoms with Crippen molar-refractivity contribution in [1.29, 1.82) is 0 Å². The van der Waals surface area contributed by atoms with E-state index in [-0.39, 0.29) is 11.9 Å². The molecule has 0 bridgehead atoms. The van der Waals surface area contributed by atoms with Gasteiger partial charge in [-0.25, -0.2) is 0 Å². The molecule has 1 amide bonds. The number of nitrogens with zero attached hydrogens (tertiary/aromatic N) is 2. The van der Waals surface area contributed by atoms with E-state index < -0.39 is 0 Å². The zero-order valence-corrected chi connectivity index (χ0v) is 16.9. The molecule has 1 saturated carbocycles. The van der Waals surface area contributed by atoms with E-state index in [9.17, 15) is 4.79 Å². The standard InChI is InChI=1S/C22H22ClN3O3/c1-28-18-10-6-15(7-11-18)21(14-2-3-14)24-19(27)12-13-20-25-22(26-29-20)16-4-8-17(23)9-5-16/h4-11,14,21H,2-3,12-13H2,1H3,(H,24,27). The lowest BCUT2D eigenvalue weighted by Crippen LogP contribution is -2.30. The normalized spacial score (nSPS) is 14.4. The van der Waals surface area contributed by atoms with Gasteiger partial charge in [-0.1, -0.05) is 28.9 Å². The number of ether oxygens (including phenoxy) is 1. The number of hydrogen-bond donors (Lipinski definition) is 1. The number of methoxy groups -OCH3 is 1. The average Bonchev–Trinajstić information content (AvgIpc) is 3.48. The predicted octanol–water partition coefficient (Wildman–Crippen LogP) is 4.60. The number of aromatic nitrogens is 2. The minimum Gasteiger partial charge on any atom is -0.497 e. The van der Waals surface area contributed by atoms with Crippen LogP contribution in [-0.4, -0.2) is 23.2 Å². The molecule has 150 valence electrons. The SMILES string of the molecule is COc1ccc(C(NC(=O)CCc2nc(-c3ccc(Cl)cc3)no2)C2CC2)cc1. The summed E-state index contributed by atoms with van der Waals surface area (Å²) in [5, 5.41) is 7.80. The lowest BCUT2D eigenvalue weighted by Gasteiger charge is -2.19. The third kappa shape index (κ3) is 4.95. The van der Waals surface area contributed by atoms with Gasteiger partial charge < -0.3 is 14.6 Å². The van der Waals surface area contributed by atoms with Crippen LogP contribution in [0.1, 0.15) is 36.8 Å². The summed E-state index contributed by atoms with van der Waals surface area (Å²) < 4.78 is 10.5. The van der Waals surface area contributed by atoms with Gasteiger partial charge in [0.2, 0.25) is 17.6 Å². The number of benzene rings is 2. The Morgan fingerprint density at radius 3 is 2.59 bits per heavy atom. The van der Waals surface area contributed by atoms with Gasteiger partial charge in [0.05, 0.1) is 13.2 Å². The van der Waals surface area contributed by atoms with E-state index in [0.717, 1.165) is 29.7 Å².